The van der Waals surface area contributed by atoms with Crippen LogP contribution in [-0.4, -0.2) is 59.9 Å². The van der Waals surface area contributed by atoms with Crippen molar-refractivity contribution < 1.29 is 14.4 Å². The lowest BCUT2D eigenvalue weighted by atomic mass is 10.1. The third-order valence-electron chi connectivity index (χ3n) is 5.10. The molecule has 1 unspecified atom stereocenters. The molecule has 0 aromatic heterocycles. The molecule has 0 saturated carbocycles. The average molecular weight is 384 g/mol. The van der Waals surface area contributed by atoms with Gasteiger partial charge in [0.05, 0.1) is 6.54 Å². The van der Waals surface area contributed by atoms with Gasteiger partial charge in [0.25, 0.3) is 0 Å². The van der Waals surface area contributed by atoms with E-state index in [4.69, 9.17) is 0 Å². The van der Waals surface area contributed by atoms with Crippen molar-refractivity contribution in [2.75, 3.05) is 31.5 Å². The number of amides is 4. The molecule has 7 heteroatoms. The normalized spacial score (nSPS) is 19.9. The second kappa shape index (κ2) is 9.39. The predicted octanol–water partition coefficient (Wildman–Crippen LogP) is 2.29. The Hall–Kier alpha value is -2.83. The van der Waals surface area contributed by atoms with Crippen molar-refractivity contribution in [3.05, 3.63) is 42.0 Å². The summed E-state index contributed by atoms with van der Waals surface area (Å²) in [7, 11) is 0. The average Bonchev–Trinajstić information content (AvgIpc) is 2.85. The second-order valence-electron chi connectivity index (χ2n) is 7.38. The number of benzene rings is 1. The number of nitrogens with zero attached hydrogens (tertiary/aromatic N) is 2. The first-order valence-corrected chi connectivity index (χ1v) is 9.88. The second-order valence-corrected chi connectivity index (χ2v) is 7.38. The first-order chi connectivity index (χ1) is 13.5. The number of carbonyl (C=O) groups is 3. The molecule has 0 spiro atoms. The van der Waals surface area contributed by atoms with Crippen LogP contribution in [0.3, 0.4) is 0 Å². The highest BCUT2D eigenvalue weighted by atomic mass is 16.2. The Kier molecular flexibility index (Phi) is 6.68. The van der Waals surface area contributed by atoms with Crippen LogP contribution in [-0.2, 0) is 9.59 Å². The first-order valence-electron chi connectivity index (χ1n) is 9.88. The van der Waals surface area contributed by atoms with Gasteiger partial charge in [-0.1, -0.05) is 24.3 Å². The number of aryl methyl sites for hydroxylation is 1. The Morgan fingerprint density at radius 3 is 2.79 bits per heavy atom. The van der Waals surface area contributed by atoms with Crippen molar-refractivity contribution >= 4 is 23.5 Å². The van der Waals surface area contributed by atoms with Gasteiger partial charge in [-0.2, -0.15) is 0 Å². The maximum absolute atomic E-state index is 12.9. The van der Waals surface area contributed by atoms with Gasteiger partial charge in [0, 0.05) is 25.3 Å². The molecule has 1 fully saturated rings. The number of carbonyl (C=O) groups excluding carboxylic acids is 3. The predicted molar refractivity (Wildman–Crippen MR) is 108 cm³/mol. The van der Waals surface area contributed by atoms with E-state index in [-0.39, 0.29) is 18.4 Å². The molecule has 150 valence electrons. The fourth-order valence-electron chi connectivity index (χ4n) is 3.58. The molecule has 0 aliphatic carbocycles. The quantitative estimate of drug-likeness (QED) is 0.782. The van der Waals surface area contributed by atoms with Crippen LogP contribution in [0, 0.1) is 6.92 Å². The van der Waals surface area contributed by atoms with Gasteiger partial charge >= 0.3 is 6.03 Å². The van der Waals surface area contributed by atoms with Crippen molar-refractivity contribution in [1.82, 2.24) is 15.1 Å². The lowest BCUT2D eigenvalue weighted by Crippen LogP contribution is -2.51. The minimum atomic E-state index is -0.610. The van der Waals surface area contributed by atoms with Crippen LogP contribution < -0.4 is 10.6 Å². The lowest BCUT2D eigenvalue weighted by Gasteiger charge is -2.29. The molecule has 0 radical (unpaired) electrons. The Balaban J connectivity index is 1.58. The monoisotopic (exact) mass is 384 g/mol. The summed E-state index contributed by atoms with van der Waals surface area (Å²) in [5.41, 5.74) is 1.73. The van der Waals surface area contributed by atoms with Crippen molar-refractivity contribution in [3.8, 4) is 0 Å². The molecular weight excluding hydrogens is 356 g/mol. The van der Waals surface area contributed by atoms with Crippen molar-refractivity contribution in [1.29, 1.82) is 0 Å². The van der Waals surface area contributed by atoms with Gasteiger partial charge in [0.2, 0.25) is 11.8 Å². The summed E-state index contributed by atoms with van der Waals surface area (Å²) in [5.74, 6) is -0.222. The summed E-state index contributed by atoms with van der Waals surface area (Å²) < 4.78 is 0. The molecule has 2 heterocycles. The molecule has 28 heavy (non-hydrogen) atoms. The Labute approximate surface area is 165 Å². The topological polar surface area (TPSA) is 81.8 Å². The van der Waals surface area contributed by atoms with E-state index in [1.165, 1.54) is 0 Å². The maximum atomic E-state index is 12.9. The van der Waals surface area contributed by atoms with Gasteiger partial charge in [-0.05, 0) is 50.3 Å². The first kappa shape index (κ1) is 19.9. The fourth-order valence-corrected chi connectivity index (χ4v) is 3.58. The van der Waals surface area contributed by atoms with Crippen molar-refractivity contribution in [3.63, 3.8) is 0 Å². The molecule has 1 aromatic carbocycles. The van der Waals surface area contributed by atoms with Gasteiger partial charge in [-0.25, -0.2) is 4.79 Å². The van der Waals surface area contributed by atoms with E-state index in [0.717, 1.165) is 24.8 Å². The van der Waals surface area contributed by atoms with E-state index < -0.39 is 12.1 Å². The van der Waals surface area contributed by atoms with Gasteiger partial charge < -0.3 is 20.4 Å². The van der Waals surface area contributed by atoms with E-state index in [1.807, 2.05) is 31.2 Å². The van der Waals surface area contributed by atoms with Gasteiger partial charge in [0.15, 0.2) is 0 Å². The molecule has 1 atom stereocenters. The van der Waals surface area contributed by atoms with Crippen LogP contribution >= 0.6 is 0 Å². The Morgan fingerprint density at radius 2 is 2.04 bits per heavy atom. The summed E-state index contributed by atoms with van der Waals surface area (Å²) in [6.45, 7) is 3.86. The number of hydrogen-bond acceptors (Lipinski definition) is 3. The molecule has 4 amide bonds. The van der Waals surface area contributed by atoms with Crippen LogP contribution in [0.4, 0.5) is 10.5 Å². The minimum Gasteiger partial charge on any atom is -0.337 e. The van der Waals surface area contributed by atoms with Crippen LogP contribution in [0.25, 0.3) is 0 Å². The van der Waals surface area contributed by atoms with E-state index in [9.17, 15) is 14.4 Å². The lowest BCUT2D eigenvalue weighted by molar-refractivity contribution is -0.141. The summed E-state index contributed by atoms with van der Waals surface area (Å²) >= 11 is 0. The third-order valence-corrected chi connectivity index (χ3v) is 5.10. The summed E-state index contributed by atoms with van der Waals surface area (Å²) in [6, 6.07) is 6.47. The van der Waals surface area contributed by atoms with Gasteiger partial charge in [-0.15, -0.1) is 0 Å². The standard InChI is InChI=1S/C21H28N4O3/c1-16-8-7-9-17(14-16)22-21(28)23-18-10-3-6-13-25(20(18)27)15-19(26)24-11-4-2-5-12-24/h2,4,7-9,14,18H,3,5-6,10-13,15H2,1H3,(H2,22,23,28). The van der Waals surface area contributed by atoms with Crippen molar-refractivity contribution in [2.45, 2.75) is 38.6 Å². The zero-order valence-electron chi connectivity index (χ0n) is 16.3. The molecule has 2 aliphatic heterocycles. The van der Waals surface area contributed by atoms with E-state index >= 15 is 0 Å². The highest BCUT2D eigenvalue weighted by molar-refractivity contribution is 5.95. The number of rotatable bonds is 4. The highest BCUT2D eigenvalue weighted by Crippen LogP contribution is 2.14. The zero-order valence-corrected chi connectivity index (χ0v) is 16.3. The summed E-state index contributed by atoms with van der Waals surface area (Å²) in [4.78, 5) is 41.1. The molecule has 2 aliphatic rings. The number of nitrogens with one attached hydrogen (secondary N) is 2. The Morgan fingerprint density at radius 1 is 1.18 bits per heavy atom. The summed E-state index contributed by atoms with van der Waals surface area (Å²) in [6.07, 6.45) is 7.13. The molecular formula is C21H28N4O3. The van der Waals surface area contributed by atoms with Gasteiger partial charge in [-0.3, -0.25) is 9.59 Å². The molecule has 0 bridgehead atoms. The number of urea groups is 1. The Bertz CT molecular complexity index is 762. The molecule has 1 aromatic rings. The SMILES string of the molecule is Cc1cccc(NC(=O)NC2CCCCN(CC(=O)N3CC=CCC3)C2=O)c1. The third kappa shape index (κ3) is 5.34. The van der Waals surface area contributed by atoms with Crippen LogP contribution in [0.5, 0.6) is 0 Å². The summed E-state index contributed by atoms with van der Waals surface area (Å²) in [5, 5.41) is 5.56. The highest BCUT2D eigenvalue weighted by Gasteiger charge is 2.30. The maximum Gasteiger partial charge on any atom is 0.319 e. The van der Waals surface area contributed by atoms with Crippen molar-refractivity contribution in [2.24, 2.45) is 0 Å². The number of hydrogen-bond donors (Lipinski definition) is 2. The molecule has 3 rings (SSSR count). The van der Waals surface area contributed by atoms with Gasteiger partial charge in [0.1, 0.15) is 6.04 Å². The molecule has 2 N–H and O–H groups in total. The van der Waals surface area contributed by atoms with Crippen LogP contribution in [0.1, 0.15) is 31.2 Å². The van der Waals surface area contributed by atoms with E-state index in [1.54, 1.807) is 15.9 Å². The van der Waals surface area contributed by atoms with Crippen LogP contribution in [0.2, 0.25) is 0 Å². The van der Waals surface area contributed by atoms with E-state index in [0.29, 0.717) is 31.7 Å². The van der Waals surface area contributed by atoms with Crippen LogP contribution in [0.15, 0.2) is 36.4 Å². The molecule has 7 nitrogen and oxygen atoms in total. The smallest absolute Gasteiger partial charge is 0.319 e. The minimum absolute atomic E-state index is 0.0393. The number of anilines is 1. The van der Waals surface area contributed by atoms with E-state index in [2.05, 4.69) is 16.7 Å². The largest absolute Gasteiger partial charge is 0.337 e. The number of likely N-dealkylation sites (tertiary alicyclic amines) is 1. The fraction of sp³-hybridized carbons (Fsp3) is 0.476. The molecule has 1 saturated heterocycles. The zero-order chi connectivity index (χ0) is 19.9.